The molecule has 0 atom stereocenters. The zero-order valence-electron chi connectivity index (χ0n) is 18.4. The van der Waals surface area contributed by atoms with Gasteiger partial charge in [-0.2, -0.15) is 5.10 Å². The van der Waals surface area contributed by atoms with Crippen LogP contribution in [0, 0.1) is 0 Å². The maximum Gasteiger partial charge on any atom is 0.268 e. The van der Waals surface area contributed by atoms with Crippen molar-refractivity contribution in [2.24, 2.45) is 5.73 Å². The number of rotatable bonds is 7. The smallest absolute Gasteiger partial charge is 0.268 e. The number of carbonyl (C=O) groups excluding carboxylic acids is 1. The lowest BCUT2D eigenvalue weighted by Gasteiger charge is -2.13. The summed E-state index contributed by atoms with van der Waals surface area (Å²) in [4.78, 5) is 20.2. The number of benzene rings is 1. The summed E-state index contributed by atoms with van der Waals surface area (Å²) in [5, 5.41) is 19.5. The van der Waals surface area contributed by atoms with E-state index in [1.54, 1.807) is 24.1 Å². The molecule has 11 nitrogen and oxygen atoms in total. The molecule has 0 saturated heterocycles. The number of fused-ring (bicyclic) bond motifs is 3. The quantitative estimate of drug-likeness (QED) is 0.364. The number of halogens is 1. The number of aryl methyl sites for hydroxylation is 1. The molecule has 5 aromatic rings. The van der Waals surface area contributed by atoms with Gasteiger partial charge in [0.2, 0.25) is 0 Å². The van der Waals surface area contributed by atoms with E-state index in [2.05, 4.69) is 30.6 Å². The number of primary amides is 1. The molecule has 172 valence electrons. The van der Waals surface area contributed by atoms with Crippen molar-refractivity contribution in [2.75, 3.05) is 12.4 Å². The van der Waals surface area contributed by atoms with Crippen LogP contribution in [0.25, 0.3) is 27.6 Å². The van der Waals surface area contributed by atoms with Crippen LogP contribution in [0.2, 0.25) is 5.02 Å². The molecule has 1 aromatic carbocycles. The standard InChI is InChI=1S/C22H20ClN9O2/c1-3-32-21-14(9-28-32)18-13(8-26-21)22(31-10-16(19(24)33)27-11-31)30-29-20(18)25-7-12-4-5-17(34-2)15(23)6-12/h4-6,8-11H,3,7H2,1-2H3,(H2,24,33)(H,25,29). The molecule has 4 heterocycles. The number of imidazole rings is 1. The summed E-state index contributed by atoms with van der Waals surface area (Å²) < 4.78 is 8.63. The van der Waals surface area contributed by atoms with E-state index in [1.165, 1.54) is 12.5 Å². The summed E-state index contributed by atoms with van der Waals surface area (Å²) in [6.07, 6.45) is 6.46. The van der Waals surface area contributed by atoms with Gasteiger partial charge in [0.25, 0.3) is 5.91 Å². The van der Waals surface area contributed by atoms with Crippen LogP contribution < -0.4 is 15.8 Å². The predicted molar refractivity (Wildman–Crippen MR) is 127 cm³/mol. The Bertz CT molecular complexity index is 1540. The van der Waals surface area contributed by atoms with Gasteiger partial charge in [-0.25, -0.2) is 14.6 Å². The first-order valence-electron chi connectivity index (χ1n) is 10.4. The van der Waals surface area contributed by atoms with Crippen LogP contribution in [-0.4, -0.2) is 47.5 Å². The number of carbonyl (C=O) groups is 1. The number of anilines is 1. The summed E-state index contributed by atoms with van der Waals surface area (Å²) in [5.41, 5.74) is 7.16. The van der Waals surface area contributed by atoms with Gasteiger partial charge in [-0.05, 0) is 24.6 Å². The summed E-state index contributed by atoms with van der Waals surface area (Å²) in [6, 6.07) is 5.57. The topological polar surface area (TPSA) is 139 Å². The number of hydrogen-bond donors (Lipinski definition) is 2. The number of nitrogens with zero attached hydrogens (tertiary/aromatic N) is 7. The van der Waals surface area contributed by atoms with Gasteiger partial charge in [0.1, 0.15) is 17.8 Å². The van der Waals surface area contributed by atoms with Gasteiger partial charge < -0.3 is 15.8 Å². The van der Waals surface area contributed by atoms with Gasteiger partial charge in [-0.3, -0.25) is 9.36 Å². The predicted octanol–water partition coefficient (Wildman–Crippen LogP) is 2.95. The van der Waals surface area contributed by atoms with Crippen LogP contribution in [0.5, 0.6) is 5.75 Å². The van der Waals surface area contributed by atoms with Crippen molar-refractivity contribution in [3.05, 3.63) is 59.4 Å². The highest BCUT2D eigenvalue weighted by Crippen LogP contribution is 2.32. The van der Waals surface area contributed by atoms with Gasteiger partial charge in [0.05, 0.1) is 23.7 Å². The van der Waals surface area contributed by atoms with E-state index >= 15 is 0 Å². The van der Waals surface area contributed by atoms with Crippen LogP contribution in [0.3, 0.4) is 0 Å². The molecular weight excluding hydrogens is 458 g/mol. The molecule has 5 rings (SSSR count). The maximum absolute atomic E-state index is 11.5. The Labute approximate surface area is 198 Å². The van der Waals surface area contributed by atoms with Gasteiger partial charge in [-0.15, -0.1) is 10.2 Å². The largest absolute Gasteiger partial charge is 0.495 e. The van der Waals surface area contributed by atoms with Crippen molar-refractivity contribution in [1.82, 2.24) is 34.5 Å². The Morgan fingerprint density at radius 1 is 1.21 bits per heavy atom. The van der Waals surface area contributed by atoms with Crippen molar-refractivity contribution in [2.45, 2.75) is 20.0 Å². The molecular formula is C22H20ClN9O2. The molecule has 0 radical (unpaired) electrons. The van der Waals surface area contributed by atoms with Gasteiger partial charge in [-0.1, -0.05) is 17.7 Å². The van der Waals surface area contributed by atoms with Gasteiger partial charge in [0, 0.05) is 36.3 Å². The number of ether oxygens (including phenoxy) is 1. The maximum atomic E-state index is 11.5. The lowest BCUT2D eigenvalue weighted by molar-refractivity contribution is 0.0996. The molecule has 4 aromatic heterocycles. The SMILES string of the molecule is CCn1ncc2c3c(NCc4ccc(OC)c(Cl)c4)nnc(-n4cnc(C(N)=O)c4)c3cnc21. The van der Waals surface area contributed by atoms with E-state index in [9.17, 15) is 4.79 Å². The first kappa shape index (κ1) is 21.6. The second-order valence-corrected chi connectivity index (χ2v) is 7.88. The number of nitrogens with two attached hydrogens (primary N) is 1. The molecule has 0 saturated carbocycles. The van der Waals surface area contributed by atoms with E-state index in [0.717, 1.165) is 22.0 Å². The number of pyridine rings is 1. The molecule has 1 amide bonds. The fourth-order valence-corrected chi connectivity index (χ4v) is 4.05. The zero-order chi connectivity index (χ0) is 23.8. The Morgan fingerprint density at radius 3 is 2.76 bits per heavy atom. The number of methoxy groups -OCH3 is 1. The highest BCUT2D eigenvalue weighted by Gasteiger charge is 2.18. The molecule has 0 spiro atoms. The normalized spacial score (nSPS) is 11.3. The lowest BCUT2D eigenvalue weighted by Crippen LogP contribution is -2.11. The van der Waals surface area contributed by atoms with E-state index in [0.29, 0.717) is 40.9 Å². The van der Waals surface area contributed by atoms with Crippen molar-refractivity contribution in [3.63, 3.8) is 0 Å². The number of nitrogens with one attached hydrogen (secondary N) is 1. The second-order valence-electron chi connectivity index (χ2n) is 7.47. The van der Waals surface area contributed by atoms with E-state index in [4.69, 9.17) is 22.1 Å². The third-order valence-electron chi connectivity index (χ3n) is 5.44. The third kappa shape index (κ3) is 3.65. The molecule has 0 aliphatic carbocycles. The van der Waals surface area contributed by atoms with E-state index < -0.39 is 5.91 Å². The first-order valence-corrected chi connectivity index (χ1v) is 10.8. The van der Waals surface area contributed by atoms with Gasteiger partial charge >= 0.3 is 0 Å². The average Bonchev–Trinajstić information content (AvgIpc) is 3.50. The highest BCUT2D eigenvalue weighted by atomic mass is 35.5. The Kier molecular flexibility index (Phi) is 5.46. The van der Waals surface area contributed by atoms with E-state index in [-0.39, 0.29) is 5.69 Å². The number of amides is 1. The zero-order valence-corrected chi connectivity index (χ0v) is 19.1. The van der Waals surface area contributed by atoms with E-state index in [1.807, 2.05) is 29.8 Å². The average molecular weight is 478 g/mol. The molecule has 0 unspecified atom stereocenters. The summed E-state index contributed by atoms with van der Waals surface area (Å²) in [5.74, 6) is 1.00. The molecule has 12 heteroatoms. The third-order valence-corrected chi connectivity index (χ3v) is 5.74. The minimum Gasteiger partial charge on any atom is -0.495 e. The summed E-state index contributed by atoms with van der Waals surface area (Å²) in [7, 11) is 1.57. The van der Waals surface area contributed by atoms with Crippen molar-refractivity contribution >= 4 is 45.1 Å². The number of aromatic nitrogens is 7. The van der Waals surface area contributed by atoms with Crippen LogP contribution >= 0.6 is 11.6 Å². The molecule has 34 heavy (non-hydrogen) atoms. The molecule has 0 aliphatic heterocycles. The highest BCUT2D eigenvalue weighted by molar-refractivity contribution is 6.32. The van der Waals surface area contributed by atoms with Crippen molar-refractivity contribution in [3.8, 4) is 11.6 Å². The molecule has 0 fully saturated rings. The number of hydrogen-bond acceptors (Lipinski definition) is 8. The fraction of sp³-hybridized carbons (Fsp3) is 0.182. The molecule has 3 N–H and O–H groups in total. The fourth-order valence-electron chi connectivity index (χ4n) is 3.77. The Balaban J connectivity index is 1.63. The molecule has 0 bridgehead atoms. The van der Waals surface area contributed by atoms with Crippen LogP contribution in [0.4, 0.5) is 5.82 Å². The van der Waals surface area contributed by atoms with Crippen LogP contribution in [0.1, 0.15) is 23.0 Å². The lowest BCUT2D eigenvalue weighted by atomic mass is 10.1. The Morgan fingerprint density at radius 2 is 2.06 bits per heavy atom. The Hall–Kier alpha value is -4.25. The monoisotopic (exact) mass is 477 g/mol. The summed E-state index contributed by atoms with van der Waals surface area (Å²) >= 11 is 6.27. The van der Waals surface area contributed by atoms with Crippen molar-refractivity contribution in [1.29, 1.82) is 0 Å². The minimum absolute atomic E-state index is 0.126. The first-order chi connectivity index (χ1) is 16.5. The minimum atomic E-state index is -0.628. The van der Waals surface area contributed by atoms with Crippen LogP contribution in [-0.2, 0) is 13.1 Å². The van der Waals surface area contributed by atoms with Crippen LogP contribution in [0.15, 0.2) is 43.1 Å². The molecule has 0 aliphatic rings. The van der Waals surface area contributed by atoms with Crippen molar-refractivity contribution < 1.29 is 9.53 Å². The summed E-state index contributed by atoms with van der Waals surface area (Å²) in [6.45, 7) is 3.12. The van der Waals surface area contributed by atoms with Gasteiger partial charge in [0.15, 0.2) is 17.3 Å². The second kappa shape index (κ2) is 8.60.